The van der Waals surface area contributed by atoms with Crippen LogP contribution in [0.1, 0.15) is 42.8 Å². The molecule has 0 saturated heterocycles. The first-order valence-electron chi connectivity index (χ1n) is 12.2. The minimum absolute atomic E-state index is 0.113. The number of fused-ring (bicyclic) bond motifs is 1. The molecule has 2 aromatic carbocycles. The van der Waals surface area contributed by atoms with Gasteiger partial charge in [-0.05, 0) is 63.4 Å². The van der Waals surface area contributed by atoms with E-state index in [9.17, 15) is 9.59 Å². The average Bonchev–Trinajstić information content (AvgIpc) is 3.34. The molecule has 1 aromatic heterocycles. The van der Waals surface area contributed by atoms with Gasteiger partial charge in [0, 0.05) is 29.7 Å². The van der Waals surface area contributed by atoms with E-state index >= 15 is 0 Å². The molecular weight excluding hydrogens is 488 g/mol. The number of hydrogen-bond acceptors (Lipinski definition) is 7. The van der Waals surface area contributed by atoms with Crippen LogP contribution in [0, 0.1) is 20.8 Å². The molecule has 0 radical (unpaired) electrons. The van der Waals surface area contributed by atoms with Gasteiger partial charge in [0.1, 0.15) is 5.54 Å². The monoisotopic (exact) mass is 520 g/mol. The Labute approximate surface area is 221 Å². The number of nitrogens with one attached hydrogen (secondary N) is 1. The van der Waals surface area contributed by atoms with Crippen LogP contribution < -0.4 is 14.8 Å². The zero-order valence-corrected chi connectivity index (χ0v) is 22.6. The third-order valence-electron chi connectivity index (χ3n) is 6.58. The van der Waals surface area contributed by atoms with E-state index in [0.717, 1.165) is 22.5 Å². The molecule has 0 spiro atoms. The van der Waals surface area contributed by atoms with Gasteiger partial charge in [-0.2, -0.15) is 0 Å². The third-order valence-corrected chi connectivity index (χ3v) is 7.41. The van der Waals surface area contributed by atoms with Gasteiger partial charge in [0.2, 0.25) is 18.6 Å². The largest absolute Gasteiger partial charge is 0.454 e. The second-order valence-corrected chi connectivity index (χ2v) is 10.2. The molecule has 1 atom stereocenters. The molecule has 9 heteroatoms. The van der Waals surface area contributed by atoms with E-state index in [4.69, 9.17) is 9.47 Å². The Morgan fingerprint density at radius 3 is 2.43 bits per heavy atom. The summed E-state index contributed by atoms with van der Waals surface area (Å²) in [6, 6.07) is 15.1. The lowest BCUT2D eigenvalue weighted by Gasteiger charge is -2.40. The van der Waals surface area contributed by atoms with E-state index in [-0.39, 0.29) is 24.4 Å². The fraction of sp³-hybridized carbons (Fsp3) is 0.357. The molecule has 3 aromatic rings. The van der Waals surface area contributed by atoms with E-state index in [2.05, 4.69) is 15.3 Å². The highest BCUT2D eigenvalue weighted by Crippen LogP contribution is 2.35. The van der Waals surface area contributed by atoms with Crippen LogP contribution >= 0.6 is 11.8 Å². The van der Waals surface area contributed by atoms with Crippen molar-refractivity contribution < 1.29 is 19.1 Å². The summed E-state index contributed by atoms with van der Waals surface area (Å²) in [5.41, 5.74) is 3.20. The topological polar surface area (TPSA) is 93.7 Å². The van der Waals surface area contributed by atoms with Crippen LogP contribution in [0.2, 0.25) is 0 Å². The van der Waals surface area contributed by atoms with Crippen LogP contribution in [0.4, 0.5) is 5.69 Å². The molecule has 194 valence electrons. The Kier molecular flexibility index (Phi) is 8.02. The Morgan fingerprint density at radius 1 is 1.03 bits per heavy atom. The molecule has 4 rings (SSSR count). The maximum Gasteiger partial charge on any atom is 0.250 e. The van der Waals surface area contributed by atoms with Crippen LogP contribution in [0.15, 0.2) is 53.7 Å². The maximum atomic E-state index is 13.8. The van der Waals surface area contributed by atoms with Gasteiger partial charge in [0.05, 0.1) is 5.75 Å². The summed E-state index contributed by atoms with van der Waals surface area (Å²) in [6.45, 7) is 9.99. The lowest BCUT2D eigenvalue weighted by molar-refractivity contribution is -0.143. The number of anilines is 1. The molecule has 2 amide bonds. The zero-order valence-electron chi connectivity index (χ0n) is 21.8. The number of benzene rings is 2. The predicted octanol–water partition coefficient (Wildman–Crippen LogP) is 5.06. The van der Waals surface area contributed by atoms with Crippen molar-refractivity contribution in [2.45, 2.75) is 58.3 Å². The number of hydrogen-bond donors (Lipinski definition) is 1. The third kappa shape index (κ3) is 6.05. The number of ether oxygens (including phenoxy) is 2. The lowest BCUT2D eigenvalue weighted by Crippen LogP contribution is -2.57. The Balaban J connectivity index is 1.60. The summed E-state index contributed by atoms with van der Waals surface area (Å²) in [5.74, 6) is 0.887. The molecular formula is C28H32N4O4S. The summed E-state index contributed by atoms with van der Waals surface area (Å²) in [4.78, 5) is 38.1. The van der Waals surface area contributed by atoms with Crippen LogP contribution in [-0.2, 0) is 16.1 Å². The number of aryl methyl sites for hydroxylation is 3. The molecule has 37 heavy (non-hydrogen) atoms. The number of aromatic nitrogens is 2. The lowest BCUT2D eigenvalue weighted by atomic mass is 9.93. The number of amides is 2. The van der Waals surface area contributed by atoms with Gasteiger partial charge < -0.3 is 19.7 Å². The van der Waals surface area contributed by atoms with Crippen molar-refractivity contribution in [1.29, 1.82) is 0 Å². The van der Waals surface area contributed by atoms with E-state index in [1.54, 1.807) is 23.1 Å². The highest BCUT2D eigenvalue weighted by Gasteiger charge is 2.41. The van der Waals surface area contributed by atoms with Gasteiger partial charge in [-0.3, -0.25) is 9.59 Å². The van der Waals surface area contributed by atoms with Crippen molar-refractivity contribution in [2.24, 2.45) is 0 Å². The zero-order chi connectivity index (χ0) is 26.6. The number of rotatable bonds is 9. The van der Waals surface area contributed by atoms with Gasteiger partial charge in [-0.15, -0.1) is 0 Å². The van der Waals surface area contributed by atoms with Crippen molar-refractivity contribution in [1.82, 2.24) is 14.9 Å². The quantitative estimate of drug-likeness (QED) is 0.311. The summed E-state index contributed by atoms with van der Waals surface area (Å²) in [6.07, 6.45) is 0.422. The van der Waals surface area contributed by atoms with Crippen molar-refractivity contribution in [3.63, 3.8) is 0 Å². The Bertz CT molecular complexity index is 1290. The fourth-order valence-corrected chi connectivity index (χ4v) is 5.00. The number of carbonyl (C=O) groups is 2. The van der Waals surface area contributed by atoms with Crippen LogP contribution in [-0.4, -0.2) is 44.8 Å². The van der Waals surface area contributed by atoms with Crippen molar-refractivity contribution in [3.05, 3.63) is 71.0 Å². The number of nitrogens with zero attached hydrogens (tertiary/aromatic N) is 3. The van der Waals surface area contributed by atoms with Crippen molar-refractivity contribution >= 4 is 29.3 Å². The predicted molar refractivity (Wildman–Crippen MR) is 144 cm³/mol. The smallest absolute Gasteiger partial charge is 0.250 e. The molecule has 1 N–H and O–H groups in total. The summed E-state index contributed by atoms with van der Waals surface area (Å²) < 4.78 is 10.8. The standard InChI is InChI=1S/C28H32N4O4S/c1-6-28(5,26(34)31-22-11-12-23-24(14-22)36-17-35-23)32(15-21-10-8-7-9-18(21)2)25(33)16-37-27-29-19(3)13-20(4)30-27/h7-14H,6,15-17H2,1-5H3,(H,31,34). The Morgan fingerprint density at radius 2 is 1.73 bits per heavy atom. The molecule has 1 aliphatic heterocycles. The second kappa shape index (κ2) is 11.2. The van der Waals surface area contributed by atoms with Crippen LogP contribution in [0.3, 0.4) is 0 Å². The fourth-order valence-electron chi connectivity index (χ4n) is 4.17. The van der Waals surface area contributed by atoms with Crippen LogP contribution in [0.5, 0.6) is 11.5 Å². The SMILES string of the molecule is CCC(C)(C(=O)Nc1ccc2c(c1)OCO2)N(Cc1ccccc1C)C(=O)CSc1nc(C)cc(C)n1. The molecule has 0 fully saturated rings. The highest BCUT2D eigenvalue weighted by atomic mass is 32.2. The summed E-state index contributed by atoms with van der Waals surface area (Å²) >= 11 is 1.28. The Hall–Kier alpha value is -3.59. The first-order chi connectivity index (χ1) is 17.7. The minimum Gasteiger partial charge on any atom is -0.454 e. The van der Waals surface area contributed by atoms with Gasteiger partial charge in [0.25, 0.3) is 0 Å². The second-order valence-electron chi connectivity index (χ2n) is 9.28. The molecule has 0 bridgehead atoms. The molecule has 0 aliphatic carbocycles. The van der Waals surface area contributed by atoms with Crippen LogP contribution in [0.25, 0.3) is 0 Å². The first kappa shape index (κ1) is 26.5. The van der Waals surface area contributed by atoms with E-state index in [1.165, 1.54) is 11.8 Å². The van der Waals surface area contributed by atoms with E-state index < -0.39 is 5.54 Å². The van der Waals surface area contributed by atoms with E-state index in [0.29, 0.717) is 35.3 Å². The highest BCUT2D eigenvalue weighted by molar-refractivity contribution is 7.99. The average molecular weight is 521 g/mol. The van der Waals surface area contributed by atoms with Gasteiger partial charge in [-0.25, -0.2) is 9.97 Å². The molecule has 2 heterocycles. The molecule has 1 aliphatic rings. The van der Waals surface area contributed by atoms with Gasteiger partial charge in [0.15, 0.2) is 16.7 Å². The number of carbonyl (C=O) groups excluding carboxylic acids is 2. The maximum absolute atomic E-state index is 13.8. The van der Waals surface area contributed by atoms with Gasteiger partial charge in [-0.1, -0.05) is 43.0 Å². The van der Waals surface area contributed by atoms with Gasteiger partial charge >= 0.3 is 0 Å². The molecule has 8 nitrogen and oxygen atoms in total. The summed E-state index contributed by atoms with van der Waals surface area (Å²) in [5, 5.41) is 3.53. The molecule has 0 saturated carbocycles. The summed E-state index contributed by atoms with van der Waals surface area (Å²) in [7, 11) is 0. The van der Waals surface area contributed by atoms with Crippen molar-refractivity contribution in [2.75, 3.05) is 17.9 Å². The van der Waals surface area contributed by atoms with Crippen molar-refractivity contribution in [3.8, 4) is 11.5 Å². The normalized spacial score (nSPS) is 13.6. The molecule has 1 unspecified atom stereocenters. The van der Waals surface area contributed by atoms with E-state index in [1.807, 2.05) is 65.0 Å². The first-order valence-corrected chi connectivity index (χ1v) is 13.2. The minimum atomic E-state index is -1.11. The number of thioether (sulfide) groups is 1.